The molecule has 7 heteroatoms. The number of aromatic nitrogens is 2. The lowest BCUT2D eigenvalue weighted by atomic mass is 10.1. The maximum Gasteiger partial charge on any atom is 0.416 e. The van der Waals surface area contributed by atoms with Crippen molar-refractivity contribution >= 4 is 34.2 Å². The van der Waals surface area contributed by atoms with Crippen LogP contribution in [0.25, 0.3) is 11.4 Å². The van der Waals surface area contributed by atoms with Crippen LogP contribution in [-0.4, -0.2) is 9.97 Å². The molecule has 0 radical (unpaired) electrons. The van der Waals surface area contributed by atoms with E-state index in [1.54, 1.807) is 0 Å². The summed E-state index contributed by atoms with van der Waals surface area (Å²) in [6, 6.07) is 4.91. The average Bonchev–Trinajstić information content (AvgIpc) is 2.41. The molecule has 2 nitrogen and oxygen atoms in total. The Hall–Kier alpha value is -0.890. The summed E-state index contributed by atoms with van der Waals surface area (Å²) < 4.78 is 38.8. The molecule has 0 atom stereocenters. The summed E-state index contributed by atoms with van der Waals surface area (Å²) in [4.78, 5) is 8.33. The highest BCUT2D eigenvalue weighted by Crippen LogP contribution is 2.32. The topological polar surface area (TPSA) is 25.8 Å². The fourth-order valence-electron chi connectivity index (χ4n) is 1.66. The van der Waals surface area contributed by atoms with E-state index in [0.29, 0.717) is 12.0 Å². The lowest BCUT2D eigenvalue weighted by Crippen LogP contribution is -2.05. The molecule has 0 saturated heterocycles. The zero-order valence-corrected chi connectivity index (χ0v) is 13.2. The van der Waals surface area contributed by atoms with Gasteiger partial charge in [-0.15, -0.1) is 0 Å². The van der Waals surface area contributed by atoms with Crippen LogP contribution in [0.2, 0.25) is 5.15 Å². The minimum absolute atomic E-state index is 0.207. The Balaban J connectivity index is 2.55. The Morgan fingerprint density at radius 1 is 1.25 bits per heavy atom. The van der Waals surface area contributed by atoms with Gasteiger partial charge in [0.1, 0.15) is 5.15 Å². The molecule has 1 heterocycles. The van der Waals surface area contributed by atoms with Crippen LogP contribution in [0.1, 0.15) is 18.2 Å². The van der Waals surface area contributed by atoms with Crippen LogP contribution in [0.5, 0.6) is 0 Å². The van der Waals surface area contributed by atoms with Crippen molar-refractivity contribution in [2.45, 2.75) is 19.5 Å². The minimum Gasteiger partial charge on any atom is -0.232 e. The van der Waals surface area contributed by atoms with Gasteiger partial charge in [0, 0.05) is 5.56 Å². The fraction of sp³-hybridized carbons (Fsp3) is 0.231. The van der Waals surface area contributed by atoms with Gasteiger partial charge in [-0.25, -0.2) is 9.97 Å². The van der Waals surface area contributed by atoms with Crippen molar-refractivity contribution in [3.05, 3.63) is 44.2 Å². The molecule has 1 aromatic heterocycles. The van der Waals surface area contributed by atoms with Gasteiger partial charge in [0.25, 0.3) is 0 Å². The second kappa shape index (κ2) is 5.85. The van der Waals surface area contributed by atoms with E-state index in [-0.39, 0.29) is 11.0 Å². The highest BCUT2D eigenvalue weighted by molar-refractivity contribution is 14.1. The predicted octanol–water partition coefficient (Wildman–Crippen LogP) is 4.98. The van der Waals surface area contributed by atoms with Gasteiger partial charge in [-0.2, -0.15) is 13.2 Å². The lowest BCUT2D eigenvalue weighted by Gasteiger charge is -2.10. The first-order chi connectivity index (χ1) is 9.32. The molecule has 0 unspecified atom stereocenters. The zero-order valence-electron chi connectivity index (χ0n) is 10.3. The summed E-state index contributed by atoms with van der Waals surface area (Å²) in [5.41, 5.74) is 0.289. The van der Waals surface area contributed by atoms with E-state index in [1.165, 1.54) is 12.1 Å². The van der Waals surface area contributed by atoms with Crippen molar-refractivity contribution < 1.29 is 13.2 Å². The molecule has 2 rings (SSSR count). The maximum atomic E-state index is 12.7. The maximum absolute atomic E-state index is 12.7. The number of rotatable bonds is 2. The van der Waals surface area contributed by atoms with Gasteiger partial charge in [-0.05, 0) is 41.1 Å². The fourth-order valence-corrected chi connectivity index (χ4v) is 2.47. The molecule has 0 bridgehead atoms. The Labute approximate surface area is 132 Å². The second-order valence-electron chi connectivity index (χ2n) is 4.03. The second-order valence-corrected chi connectivity index (χ2v) is 5.47. The molecular formula is C13H9ClF3IN2. The smallest absolute Gasteiger partial charge is 0.232 e. The third kappa shape index (κ3) is 3.22. The van der Waals surface area contributed by atoms with Crippen molar-refractivity contribution in [1.29, 1.82) is 0 Å². The molecular weight excluding hydrogens is 404 g/mol. The van der Waals surface area contributed by atoms with Gasteiger partial charge in [-0.1, -0.05) is 30.7 Å². The average molecular weight is 413 g/mol. The SMILES string of the molecule is CCc1nc(-c2cccc(C(F)(F)F)c2)nc(Cl)c1I. The van der Waals surface area contributed by atoms with Gasteiger partial charge < -0.3 is 0 Å². The number of hydrogen-bond donors (Lipinski definition) is 0. The third-order valence-electron chi connectivity index (χ3n) is 2.66. The molecule has 1 aromatic carbocycles. The van der Waals surface area contributed by atoms with E-state index in [9.17, 15) is 13.2 Å². The van der Waals surface area contributed by atoms with Crippen LogP contribution in [0.4, 0.5) is 13.2 Å². The standard InChI is InChI=1S/C13H9ClF3IN2/c1-2-9-10(18)11(14)20-12(19-9)7-4-3-5-8(6-7)13(15,16)17/h3-6H,2H2,1H3. The summed E-state index contributed by atoms with van der Waals surface area (Å²) in [6.07, 6.45) is -3.76. The number of aryl methyl sites for hydroxylation is 1. The summed E-state index contributed by atoms with van der Waals surface area (Å²) >= 11 is 8.02. The van der Waals surface area contributed by atoms with Gasteiger partial charge >= 0.3 is 6.18 Å². The van der Waals surface area contributed by atoms with E-state index in [2.05, 4.69) is 9.97 Å². The summed E-state index contributed by atoms with van der Waals surface area (Å²) in [6.45, 7) is 1.90. The zero-order chi connectivity index (χ0) is 14.9. The summed E-state index contributed by atoms with van der Waals surface area (Å²) in [5, 5.41) is 0.255. The molecule has 106 valence electrons. The van der Waals surface area contributed by atoms with Gasteiger partial charge in [0.15, 0.2) is 5.82 Å². The normalized spacial score (nSPS) is 11.7. The van der Waals surface area contributed by atoms with Crippen molar-refractivity contribution in [3.8, 4) is 11.4 Å². The van der Waals surface area contributed by atoms with E-state index in [0.717, 1.165) is 21.4 Å². The highest BCUT2D eigenvalue weighted by Gasteiger charge is 2.30. The van der Waals surface area contributed by atoms with Crippen molar-refractivity contribution in [2.24, 2.45) is 0 Å². The van der Waals surface area contributed by atoms with Crippen LogP contribution >= 0.6 is 34.2 Å². The van der Waals surface area contributed by atoms with Crippen LogP contribution < -0.4 is 0 Å². The molecule has 0 fully saturated rings. The first-order valence-corrected chi connectivity index (χ1v) is 7.18. The third-order valence-corrected chi connectivity index (χ3v) is 4.39. The van der Waals surface area contributed by atoms with Crippen molar-refractivity contribution in [2.75, 3.05) is 0 Å². The monoisotopic (exact) mass is 412 g/mol. The summed E-state index contributed by atoms with van der Waals surface area (Å²) in [7, 11) is 0. The molecule has 0 amide bonds. The molecule has 0 saturated carbocycles. The molecule has 20 heavy (non-hydrogen) atoms. The largest absolute Gasteiger partial charge is 0.416 e. The molecule has 0 N–H and O–H groups in total. The first kappa shape index (κ1) is 15.5. The molecule has 0 aliphatic heterocycles. The quantitative estimate of drug-likeness (QED) is 0.513. The van der Waals surface area contributed by atoms with Crippen LogP contribution in [0, 0.1) is 3.57 Å². The van der Waals surface area contributed by atoms with Gasteiger partial charge in [0.05, 0.1) is 14.8 Å². The van der Waals surface area contributed by atoms with E-state index in [1.807, 2.05) is 29.5 Å². The molecule has 0 aliphatic carbocycles. The highest BCUT2D eigenvalue weighted by atomic mass is 127. The summed E-state index contributed by atoms with van der Waals surface area (Å²) in [5.74, 6) is 0.207. The Morgan fingerprint density at radius 3 is 2.55 bits per heavy atom. The van der Waals surface area contributed by atoms with Crippen LogP contribution in [-0.2, 0) is 12.6 Å². The number of hydrogen-bond acceptors (Lipinski definition) is 2. The van der Waals surface area contributed by atoms with Gasteiger partial charge in [0.2, 0.25) is 0 Å². The Bertz CT molecular complexity index is 644. The molecule has 0 aliphatic rings. The van der Waals surface area contributed by atoms with E-state index in [4.69, 9.17) is 11.6 Å². The van der Waals surface area contributed by atoms with Crippen LogP contribution in [0.15, 0.2) is 24.3 Å². The van der Waals surface area contributed by atoms with Crippen molar-refractivity contribution in [1.82, 2.24) is 9.97 Å². The van der Waals surface area contributed by atoms with E-state index < -0.39 is 11.7 Å². The Kier molecular flexibility index (Phi) is 4.53. The minimum atomic E-state index is -4.39. The first-order valence-electron chi connectivity index (χ1n) is 5.72. The lowest BCUT2D eigenvalue weighted by molar-refractivity contribution is -0.137. The number of halogens is 5. The molecule has 0 spiro atoms. The number of benzene rings is 1. The predicted molar refractivity (Wildman–Crippen MR) is 79.6 cm³/mol. The van der Waals surface area contributed by atoms with Crippen LogP contribution in [0.3, 0.4) is 0 Å². The van der Waals surface area contributed by atoms with Gasteiger partial charge in [-0.3, -0.25) is 0 Å². The molecule has 2 aromatic rings. The number of alkyl halides is 3. The van der Waals surface area contributed by atoms with Crippen molar-refractivity contribution in [3.63, 3.8) is 0 Å². The number of nitrogens with zero attached hydrogens (tertiary/aromatic N) is 2. The Morgan fingerprint density at radius 2 is 1.95 bits per heavy atom. The van der Waals surface area contributed by atoms with E-state index >= 15 is 0 Å².